The monoisotopic (exact) mass is 270 g/mol. The molecule has 0 bridgehead atoms. The van der Waals surface area contributed by atoms with E-state index < -0.39 is 0 Å². The molecule has 0 fully saturated rings. The lowest BCUT2D eigenvalue weighted by atomic mass is 10.1. The zero-order valence-electron chi connectivity index (χ0n) is 12.8. The first-order valence-electron chi connectivity index (χ1n) is 7.90. The molecule has 0 atom stereocenters. The van der Waals surface area contributed by atoms with Crippen LogP contribution in [-0.2, 0) is 0 Å². The van der Waals surface area contributed by atoms with E-state index in [1.54, 1.807) is 0 Å². The van der Waals surface area contributed by atoms with E-state index in [2.05, 4.69) is 55.2 Å². The summed E-state index contributed by atoms with van der Waals surface area (Å²) in [5.41, 5.74) is 3.88. The lowest BCUT2D eigenvalue weighted by Crippen LogP contribution is -2.22. The Morgan fingerprint density at radius 2 is 1.85 bits per heavy atom. The Morgan fingerprint density at radius 3 is 2.55 bits per heavy atom. The summed E-state index contributed by atoms with van der Waals surface area (Å²) in [7, 11) is 0. The van der Waals surface area contributed by atoms with E-state index >= 15 is 0 Å². The Morgan fingerprint density at radius 1 is 1.10 bits per heavy atom. The maximum absolute atomic E-state index is 4.75. The Hall–Kier alpha value is -1.57. The zero-order valence-corrected chi connectivity index (χ0v) is 12.8. The van der Waals surface area contributed by atoms with Gasteiger partial charge in [-0.1, -0.05) is 36.8 Å². The van der Waals surface area contributed by atoms with Crippen LogP contribution in [0.2, 0.25) is 0 Å². The molecule has 1 heterocycles. The highest BCUT2D eigenvalue weighted by molar-refractivity contribution is 6.00. The third-order valence-electron chi connectivity index (χ3n) is 3.88. The van der Waals surface area contributed by atoms with Crippen molar-refractivity contribution in [2.75, 3.05) is 19.6 Å². The van der Waals surface area contributed by atoms with Crippen LogP contribution in [0.15, 0.2) is 41.4 Å². The SMILES string of the molecule is CCN(CC)/C(=C\C1=NCCCCC1)c1ccccc1. The fourth-order valence-corrected chi connectivity index (χ4v) is 2.70. The van der Waals surface area contributed by atoms with Gasteiger partial charge >= 0.3 is 0 Å². The number of aliphatic imine (C=N–C) groups is 1. The Bertz CT molecular complexity index is 456. The molecular formula is C18H26N2. The molecule has 2 rings (SSSR count). The van der Waals surface area contributed by atoms with Gasteiger partial charge in [-0.2, -0.15) is 0 Å². The van der Waals surface area contributed by atoms with Crippen molar-refractivity contribution in [3.05, 3.63) is 42.0 Å². The van der Waals surface area contributed by atoms with E-state index in [-0.39, 0.29) is 0 Å². The van der Waals surface area contributed by atoms with E-state index in [9.17, 15) is 0 Å². The minimum absolute atomic E-state index is 0.992. The van der Waals surface area contributed by atoms with Gasteiger partial charge in [-0.15, -0.1) is 0 Å². The van der Waals surface area contributed by atoms with Crippen molar-refractivity contribution in [3.63, 3.8) is 0 Å². The van der Waals surface area contributed by atoms with E-state index in [1.807, 2.05) is 0 Å². The van der Waals surface area contributed by atoms with E-state index in [0.29, 0.717) is 0 Å². The summed E-state index contributed by atoms with van der Waals surface area (Å²) < 4.78 is 0. The second kappa shape index (κ2) is 7.88. The minimum Gasteiger partial charge on any atom is -0.372 e. The molecule has 1 aliphatic rings. The lowest BCUT2D eigenvalue weighted by molar-refractivity contribution is 0.442. The van der Waals surface area contributed by atoms with Gasteiger partial charge in [0.05, 0.1) is 0 Å². The molecule has 1 aromatic carbocycles. The third kappa shape index (κ3) is 3.96. The first-order chi connectivity index (χ1) is 9.85. The fraction of sp³-hybridized carbons (Fsp3) is 0.500. The number of allylic oxidation sites excluding steroid dienone is 1. The lowest BCUT2D eigenvalue weighted by Gasteiger charge is -2.25. The molecule has 0 aliphatic carbocycles. The molecule has 0 aromatic heterocycles. The molecule has 1 aromatic rings. The van der Waals surface area contributed by atoms with Crippen molar-refractivity contribution in [2.24, 2.45) is 4.99 Å². The Labute approximate surface area is 123 Å². The highest BCUT2D eigenvalue weighted by Gasteiger charge is 2.10. The van der Waals surface area contributed by atoms with Gasteiger partial charge in [0.15, 0.2) is 0 Å². The van der Waals surface area contributed by atoms with Gasteiger partial charge in [0.2, 0.25) is 0 Å². The predicted molar refractivity (Wildman–Crippen MR) is 88.1 cm³/mol. The van der Waals surface area contributed by atoms with Crippen LogP contribution in [0, 0.1) is 0 Å². The molecule has 0 spiro atoms. The number of benzene rings is 1. The smallest absolute Gasteiger partial charge is 0.0457 e. The van der Waals surface area contributed by atoms with Crippen LogP contribution < -0.4 is 0 Å². The van der Waals surface area contributed by atoms with Gasteiger partial charge in [0.25, 0.3) is 0 Å². The highest BCUT2D eigenvalue weighted by atomic mass is 15.1. The standard InChI is InChI=1S/C18H26N2/c1-3-20(4-2)18(16-11-7-5-8-12-16)15-17-13-9-6-10-14-19-17/h5,7-8,11-12,15H,3-4,6,9-10,13-14H2,1-2H3/b18-15-. The Balaban J connectivity index is 2.32. The summed E-state index contributed by atoms with van der Waals surface area (Å²) >= 11 is 0. The molecule has 0 saturated carbocycles. The molecule has 20 heavy (non-hydrogen) atoms. The molecule has 0 N–H and O–H groups in total. The molecule has 1 aliphatic heterocycles. The summed E-state index contributed by atoms with van der Waals surface area (Å²) in [5, 5.41) is 0. The van der Waals surface area contributed by atoms with Crippen molar-refractivity contribution < 1.29 is 0 Å². The largest absolute Gasteiger partial charge is 0.372 e. The molecule has 2 heteroatoms. The van der Waals surface area contributed by atoms with Gasteiger partial charge in [-0.25, -0.2) is 0 Å². The molecule has 108 valence electrons. The summed E-state index contributed by atoms with van der Waals surface area (Å²) in [6.45, 7) is 7.49. The quantitative estimate of drug-likeness (QED) is 0.775. The molecule has 0 radical (unpaired) electrons. The summed E-state index contributed by atoms with van der Waals surface area (Å²) in [6.07, 6.45) is 7.26. The maximum atomic E-state index is 4.75. The Kier molecular flexibility index (Phi) is 5.85. The number of hydrogen-bond acceptors (Lipinski definition) is 2. The topological polar surface area (TPSA) is 15.6 Å². The van der Waals surface area contributed by atoms with Crippen molar-refractivity contribution in [1.82, 2.24) is 4.90 Å². The summed E-state index contributed by atoms with van der Waals surface area (Å²) in [6, 6.07) is 10.7. The van der Waals surface area contributed by atoms with Gasteiger partial charge in [0, 0.05) is 31.0 Å². The zero-order chi connectivity index (χ0) is 14.2. The second-order valence-corrected chi connectivity index (χ2v) is 5.25. The molecule has 0 amide bonds. The van der Waals surface area contributed by atoms with Crippen LogP contribution in [0.25, 0.3) is 5.70 Å². The van der Waals surface area contributed by atoms with Gasteiger partial charge < -0.3 is 4.90 Å². The van der Waals surface area contributed by atoms with Crippen molar-refractivity contribution in [2.45, 2.75) is 39.5 Å². The maximum Gasteiger partial charge on any atom is 0.0457 e. The minimum atomic E-state index is 0.992. The van der Waals surface area contributed by atoms with Crippen LogP contribution in [0.5, 0.6) is 0 Å². The molecule has 0 saturated heterocycles. The number of rotatable bonds is 5. The van der Waals surface area contributed by atoms with Crippen LogP contribution in [-0.4, -0.2) is 30.2 Å². The van der Waals surface area contributed by atoms with Gasteiger partial charge in [-0.3, -0.25) is 4.99 Å². The predicted octanol–water partition coefficient (Wildman–Crippen LogP) is 4.38. The fourth-order valence-electron chi connectivity index (χ4n) is 2.70. The van der Waals surface area contributed by atoms with Crippen molar-refractivity contribution >= 4 is 11.4 Å². The second-order valence-electron chi connectivity index (χ2n) is 5.25. The van der Waals surface area contributed by atoms with Crippen molar-refractivity contribution in [1.29, 1.82) is 0 Å². The van der Waals surface area contributed by atoms with Crippen LogP contribution in [0.3, 0.4) is 0 Å². The highest BCUT2D eigenvalue weighted by Crippen LogP contribution is 2.20. The first kappa shape index (κ1) is 14.8. The average Bonchev–Trinajstić information content (AvgIpc) is 2.77. The van der Waals surface area contributed by atoms with E-state index in [0.717, 1.165) is 26.1 Å². The van der Waals surface area contributed by atoms with Crippen LogP contribution in [0.4, 0.5) is 0 Å². The van der Waals surface area contributed by atoms with Gasteiger partial charge in [-0.05, 0) is 44.7 Å². The molecule has 0 unspecified atom stereocenters. The van der Waals surface area contributed by atoms with E-state index in [4.69, 9.17) is 4.99 Å². The average molecular weight is 270 g/mol. The third-order valence-corrected chi connectivity index (χ3v) is 3.88. The summed E-state index contributed by atoms with van der Waals surface area (Å²) in [5.74, 6) is 0. The summed E-state index contributed by atoms with van der Waals surface area (Å²) in [4.78, 5) is 7.17. The molecule has 2 nitrogen and oxygen atoms in total. The first-order valence-corrected chi connectivity index (χ1v) is 7.90. The van der Waals surface area contributed by atoms with Crippen LogP contribution in [0.1, 0.15) is 45.1 Å². The van der Waals surface area contributed by atoms with E-state index in [1.165, 1.54) is 36.2 Å². The van der Waals surface area contributed by atoms with Crippen LogP contribution >= 0.6 is 0 Å². The molecular weight excluding hydrogens is 244 g/mol. The van der Waals surface area contributed by atoms with Gasteiger partial charge in [0.1, 0.15) is 0 Å². The van der Waals surface area contributed by atoms with Crippen molar-refractivity contribution in [3.8, 4) is 0 Å². The normalized spacial score (nSPS) is 16.5. The number of nitrogens with zero attached hydrogens (tertiary/aromatic N) is 2. The number of hydrogen-bond donors (Lipinski definition) is 0.